The summed E-state index contributed by atoms with van der Waals surface area (Å²) in [6.07, 6.45) is 1.96. The molecule has 1 heterocycles. The first-order valence-electron chi connectivity index (χ1n) is 9.23. The lowest BCUT2D eigenvalue weighted by atomic mass is 9.91. The van der Waals surface area contributed by atoms with Crippen molar-refractivity contribution in [2.75, 3.05) is 11.9 Å². The van der Waals surface area contributed by atoms with Gasteiger partial charge in [-0.05, 0) is 42.7 Å². The second-order valence-electron chi connectivity index (χ2n) is 7.07. The van der Waals surface area contributed by atoms with Crippen LogP contribution in [-0.4, -0.2) is 29.3 Å². The summed E-state index contributed by atoms with van der Waals surface area (Å²) in [6, 6.07) is 11.6. The summed E-state index contributed by atoms with van der Waals surface area (Å²) in [7, 11) is 0. The van der Waals surface area contributed by atoms with E-state index in [1.54, 1.807) is 19.1 Å². The molecular weight excluding hydrogens is 413 g/mol. The fourth-order valence-corrected chi connectivity index (χ4v) is 3.59. The summed E-state index contributed by atoms with van der Waals surface area (Å²) in [5.41, 5.74) is 0.906. The van der Waals surface area contributed by atoms with Crippen LogP contribution in [-0.2, 0) is 21.5 Å². The first-order chi connectivity index (χ1) is 13.7. The van der Waals surface area contributed by atoms with E-state index in [2.05, 4.69) is 17.6 Å². The van der Waals surface area contributed by atoms with Gasteiger partial charge in [-0.15, -0.1) is 0 Å². The number of nitrogens with zero attached hydrogens (tertiary/aromatic N) is 1. The summed E-state index contributed by atoms with van der Waals surface area (Å²) in [4.78, 5) is 38.7. The molecule has 1 unspecified atom stereocenters. The molecule has 8 heteroatoms. The van der Waals surface area contributed by atoms with Gasteiger partial charge in [0.1, 0.15) is 12.1 Å². The van der Waals surface area contributed by atoms with Gasteiger partial charge in [0, 0.05) is 5.02 Å². The quantitative estimate of drug-likeness (QED) is 0.664. The molecule has 1 atom stereocenters. The Morgan fingerprint density at radius 1 is 1.14 bits per heavy atom. The lowest BCUT2D eigenvalue weighted by Crippen LogP contribution is -2.42. The van der Waals surface area contributed by atoms with Crippen molar-refractivity contribution < 1.29 is 14.4 Å². The number of hydrogen-bond acceptors (Lipinski definition) is 3. The standard InChI is InChI=1S/C21H21Cl2N3O3/c1-3-4-13-5-7-14(8-6-13)21(2)19(28)26(20(29)25-21)12-18(27)24-17-11-15(22)9-10-16(17)23/h5-11H,3-4,12H2,1-2H3,(H,24,27)(H,25,29). The number of nitrogens with one attached hydrogen (secondary N) is 2. The zero-order valence-corrected chi connectivity index (χ0v) is 17.6. The van der Waals surface area contributed by atoms with Crippen LogP contribution in [0.15, 0.2) is 42.5 Å². The number of benzene rings is 2. The van der Waals surface area contributed by atoms with Crippen LogP contribution in [0.4, 0.5) is 10.5 Å². The van der Waals surface area contributed by atoms with Crippen LogP contribution in [0.25, 0.3) is 0 Å². The van der Waals surface area contributed by atoms with Gasteiger partial charge in [0.15, 0.2) is 0 Å². The van der Waals surface area contributed by atoms with Crippen LogP contribution in [0.2, 0.25) is 10.0 Å². The van der Waals surface area contributed by atoms with Crippen LogP contribution < -0.4 is 10.6 Å². The Labute approximate surface area is 179 Å². The average Bonchev–Trinajstić information content (AvgIpc) is 2.89. The zero-order chi connectivity index (χ0) is 21.2. The van der Waals surface area contributed by atoms with E-state index in [1.807, 2.05) is 24.3 Å². The molecule has 2 N–H and O–H groups in total. The molecule has 1 saturated heterocycles. The molecule has 0 radical (unpaired) electrons. The van der Waals surface area contributed by atoms with Gasteiger partial charge in [-0.2, -0.15) is 0 Å². The third kappa shape index (κ3) is 4.38. The maximum atomic E-state index is 13.0. The molecule has 29 heavy (non-hydrogen) atoms. The SMILES string of the molecule is CCCc1ccc(C2(C)NC(=O)N(CC(=O)Nc3cc(Cl)ccc3Cl)C2=O)cc1. The molecule has 3 rings (SSSR count). The maximum absolute atomic E-state index is 13.0. The highest BCUT2D eigenvalue weighted by Gasteiger charge is 2.49. The van der Waals surface area contributed by atoms with E-state index < -0.39 is 29.9 Å². The fraction of sp³-hybridized carbons (Fsp3) is 0.286. The van der Waals surface area contributed by atoms with Crippen molar-refractivity contribution in [2.45, 2.75) is 32.2 Å². The third-order valence-electron chi connectivity index (χ3n) is 4.85. The van der Waals surface area contributed by atoms with Crippen LogP contribution in [0.3, 0.4) is 0 Å². The van der Waals surface area contributed by atoms with E-state index >= 15 is 0 Å². The molecule has 2 aromatic carbocycles. The Balaban J connectivity index is 1.74. The number of carbonyl (C=O) groups is 3. The summed E-state index contributed by atoms with van der Waals surface area (Å²) >= 11 is 12.0. The molecule has 0 aliphatic carbocycles. The molecule has 4 amide bonds. The topological polar surface area (TPSA) is 78.5 Å². The molecule has 1 aliphatic rings. The molecular formula is C21H21Cl2N3O3. The Hall–Kier alpha value is -2.57. The number of halogens is 2. The zero-order valence-electron chi connectivity index (χ0n) is 16.1. The lowest BCUT2D eigenvalue weighted by molar-refractivity contribution is -0.133. The van der Waals surface area contributed by atoms with Gasteiger partial charge in [-0.1, -0.05) is 60.8 Å². The highest BCUT2D eigenvalue weighted by molar-refractivity contribution is 6.35. The Bertz CT molecular complexity index is 962. The van der Waals surface area contributed by atoms with Crippen LogP contribution in [0.5, 0.6) is 0 Å². The predicted molar refractivity (Wildman–Crippen MR) is 113 cm³/mol. The monoisotopic (exact) mass is 433 g/mol. The first kappa shape index (κ1) is 21.1. The molecule has 6 nitrogen and oxygen atoms in total. The van der Waals surface area contributed by atoms with Crippen molar-refractivity contribution in [2.24, 2.45) is 0 Å². The van der Waals surface area contributed by atoms with E-state index in [0.29, 0.717) is 21.3 Å². The summed E-state index contributed by atoms with van der Waals surface area (Å²) < 4.78 is 0. The number of rotatable bonds is 6. The number of imide groups is 1. The number of carbonyl (C=O) groups excluding carboxylic acids is 3. The first-order valence-corrected chi connectivity index (χ1v) is 9.98. The van der Waals surface area contributed by atoms with Crippen molar-refractivity contribution in [3.05, 3.63) is 63.6 Å². The molecule has 1 fully saturated rings. The number of urea groups is 1. The molecule has 1 aliphatic heterocycles. The second kappa shape index (κ2) is 8.43. The predicted octanol–water partition coefficient (Wildman–Crippen LogP) is 4.35. The van der Waals surface area contributed by atoms with Gasteiger partial charge in [-0.3, -0.25) is 14.5 Å². The second-order valence-corrected chi connectivity index (χ2v) is 7.91. The summed E-state index contributed by atoms with van der Waals surface area (Å²) in [5.74, 6) is -1.04. The number of amides is 4. The van der Waals surface area contributed by atoms with E-state index in [9.17, 15) is 14.4 Å². The minimum Gasteiger partial charge on any atom is -0.323 e. The Morgan fingerprint density at radius 3 is 2.48 bits per heavy atom. The molecule has 0 aromatic heterocycles. The molecule has 152 valence electrons. The molecule has 2 aromatic rings. The maximum Gasteiger partial charge on any atom is 0.325 e. The van der Waals surface area contributed by atoms with E-state index in [1.165, 1.54) is 6.07 Å². The summed E-state index contributed by atoms with van der Waals surface area (Å²) in [6.45, 7) is 3.29. The van der Waals surface area contributed by atoms with Crippen molar-refractivity contribution in [1.29, 1.82) is 0 Å². The largest absolute Gasteiger partial charge is 0.325 e. The number of hydrogen-bond donors (Lipinski definition) is 2. The fourth-order valence-electron chi connectivity index (χ4n) is 3.26. The van der Waals surface area contributed by atoms with Crippen LogP contribution in [0, 0.1) is 0 Å². The van der Waals surface area contributed by atoms with Crippen molar-refractivity contribution >= 4 is 46.7 Å². The van der Waals surface area contributed by atoms with Gasteiger partial charge in [0.05, 0.1) is 10.7 Å². The van der Waals surface area contributed by atoms with E-state index in [4.69, 9.17) is 23.2 Å². The van der Waals surface area contributed by atoms with Crippen molar-refractivity contribution in [3.8, 4) is 0 Å². The van der Waals surface area contributed by atoms with E-state index in [0.717, 1.165) is 23.3 Å². The van der Waals surface area contributed by atoms with Gasteiger partial charge in [-0.25, -0.2) is 4.79 Å². The lowest BCUT2D eigenvalue weighted by Gasteiger charge is -2.22. The normalized spacial score (nSPS) is 18.7. The average molecular weight is 434 g/mol. The van der Waals surface area contributed by atoms with Crippen molar-refractivity contribution in [3.63, 3.8) is 0 Å². The Kier molecular flexibility index (Phi) is 6.15. The highest BCUT2D eigenvalue weighted by atomic mass is 35.5. The Morgan fingerprint density at radius 2 is 1.83 bits per heavy atom. The molecule has 0 saturated carbocycles. The van der Waals surface area contributed by atoms with Gasteiger partial charge in [0.25, 0.3) is 5.91 Å². The molecule has 0 spiro atoms. The van der Waals surface area contributed by atoms with Crippen LogP contribution >= 0.6 is 23.2 Å². The minimum atomic E-state index is -1.23. The highest BCUT2D eigenvalue weighted by Crippen LogP contribution is 2.30. The third-order valence-corrected chi connectivity index (χ3v) is 5.41. The molecule has 0 bridgehead atoms. The van der Waals surface area contributed by atoms with E-state index in [-0.39, 0.29) is 0 Å². The van der Waals surface area contributed by atoms with Crippen molar-refractivity contribution in [1.82, 2.24) is 10.2 Å². The number of anilines is 1. The number of aryl methyl sites for hydroxylation is 1. The minimum absolute atomic E-state index is 0.303. The van der Waals surface area contributed by atoms with Gasteiger partial charge < -0.3 is 10.6 Å². The van der Waals surface area contributed by atoms with Gasteiger partial charge >= 0.3 is 6.03 Å². The van der Waals surface area contributed by atoms with Gasteiger partial charge in [0.2, 0.25) is 5.91 Å². The van der Waals surface area contributed by atoms with Crippen LogP contribution in [0.1, 0.15) is 31.4 Å². The summed E-state index contributed by atoms with van der Waals surface area (Å²) in [5, 5.41) is 5.98. The smallest absolute Gasteiger partial charge is 0.323 e.